The fraction of sp³-hybridized carbons (Fsp3) is 0.647. The first-order chi connectivity index (χ1) is 9.56. The molecule has 20 heavy (non-hydrogen) atoms. The lowest BCUT2D eigenvalue weighted by Gasteiger charge is -2.25. The summed E-state index contributed by atoms with van der Waals surface area (Å²) in [6, 6.07) is 7.35. The topological polar surface area (TPSA) is 24.5 Å². The van der Waals surface area contributed by atoms with Crippen LogP contribution in [0.5, 0.6) is 0 Å². The van der Waals surface area contributed by atoms with Gasteiger partial charge in [0, 0.05) is 38.0 Å². The van der Waals surface area contributed by atoms with Crippen LogP contribution < -0.4 is 10.2 Å². The van der Waals surface area contributed by atoms with Crippen molar-refractivity contribution in [2.45, 2.75) is 52.8 Å². The Hall–Kier alpha value is -1.06. The lowest BCUT2D eigenvalue weighted by atomic mass is 10.1. The van der Waals surface area contributed by atoms with Crippen LogP contribution in [0.1, 0.15) is 38.3 Å². The number of anilines is 1. The first kappa shape index (κ1) is 15.3. The Kier molecular flexibility index (Phi) is 5.44. The molecule has 3 heteroatoms. The lowest BCUT2D eigenvalue weighted by Crippen LogP contribution is -2.30. The number of benzene rings is 1. The minimum Gasteiger partial charge on any atom is -0.377 e. The van der Waals surface area contributed by atoms with Gasteiger partial charge in [-0.15, -0.1) is 0 Å². The molecule has 112 valence electrons. The van der Waals surface area contributed by atoms with Gasteiger partial charge in [0.25, 0.3) is 0 Å². The number of nitrogens with zero attached hydrogens (tertiary/aromatic N) is 1. The normalized spacial score (nSPS) is 20.2. The number of aryl methyl sites for hydroxylation is 1. The van der Waals surface area contributed by atoms with Crippen molar-refractivity contribution in [2.75, 3.05) is 24.6 Å². The Balaban J connectivity index is 2.07. The van der Waals surface area contributed by atoms with E-state index in [0.29, 0.717) is 12.1 Å². The number of ether oxygens (including phenoxy) is 1. The highest BCUT2D eigenvalue weighted by atomic mass is 16.5. The maximum Gasteiger partial charge on any atom is 0.0721 e. The lowest BCUT2D eigenvalue weighted by molar-refractivity contribution is 0.0821. The van der Waals surface area contributed by atoms with Crippen LogP contribution in [0.25, 0.3) is 0 Å². The van der Waals surface area contributed by atoms with Crippen LogP contribution in [0.4, 0.5) is 5.69 Å². The highest BCUT2D eigenvalue weighted by Crippen LogP contribution is 2.21. The minimum absolute atomic E-state index is 0.320. The number of nitrogens with one attached hydrogen (secondary N) is 1. The molecule has 0 bridgehead atoms. The van der Waals surface area contributed by atoms with E-state index in [1.165, 1.54) is 16.8 Å². The van der Waals surface area contributed by atoms with E-state index in [1.807, 2.05) is 0 Å². The smallest absolute Gasteiger partial charge is 0.0721 e. The zero-order valence-electron chi connectivity index (χ0n) is 13.3. The van der Waals surface area contributed by atoms with Crippen LogP contribution in [-0.4, -0.2) is 31.8 Å². The molecule has 1 aromatic carbocycles. The van der Waals surface area contributed by atoms with Gasteiger partial charge in [0.2, 0.25) is 0 Å². The molecule has 1 unspecified atom stereocenters. The molecule has 1 fully saturated rings. The molecular formula is C17H28N2O. The van der Waals surface area contributed by atoms with E-state index in [2.05, 4.69) is 56.1 Å². The number of hydrogen-bond donors (Lipinski definition) is 1. The first-order valence-electron chi connectivity index (χ1n) is 7.75. The maximum absolute atomic E-state index is 5.72. The summed E-state index contributed by atoms with van der Waals surface area (Å²) in [5.41, 5.74) is 4.09. The third kappa shape index (κ3) is 4.22. The van der Waals surface area contributed by atoms with Gasteiger partial charge in [0.1, 0.15) is 0 Å². The average Bonchev–Trinajstić information content (AvgIpc) is 2.62. The van der Waals surface area contributed by atoms with Crippen LogP contribution in [0.2, 0.25) is 0 Å². The minimum atomic E-state index is 0.320. The summed E-state index contributed by atoms with van der Waals surface area (Å²) in [6.45, 7) is 12.6. The first-order valence-corrected chi connectivity index (χ1v) is 7.75. The van der Waals surface area contributed by atoms with Gasteiger partial charge in [-0.2, -0.15) is 0 Å². The molecule has 1 atom stereocenters. The molecule has 1 aliphatic heterocycles. The third-order valence-corrected chi connectivity index (χ3v) is 3.84. The van der Waals surface area contributed by atoms with E-state index in [4.69, 9.17) is 4.74 Å². The van der Waals surface area contributed by atoms with E-state index in [-0.39, 0.29) is 0 Å². The van der Waals surface area contributed by atoms with Crippen molar-refractivity contribution in [3.63, 3.8) is 0 Å². The van der Waals surface area contributed by atoms with Gasteiger partial charge in [-0.25, -0.2) is 0 Å². The third-order valence-electron chi connectivity index (χ3n) is 3.84. The van der Waals surface area contributed by atoms with Crippen LogP contribution in [0.3, 0.4) is 0 Å². The standard InChI is InChI=1S/C17H28N2O/c1-13(2)18-11-16-6-7-17(10-14(16)3)19-8-5-9-20-15(4)12-19/h6-7,10,13,15,18H,5,8-9,11-12H2,1-4H3. The SMILES string of the molecule is Cc1cc(N2CCCOC(C)C2)ccc1CNC(C)C. The van der Waals surface area contributed by atoms with Gasteiger partial charge < -0.3 is 15.0 Å². The quantitative estimate of drug-likeness (QED) is 0.914. The summed E-state index contributed by atoms with van der Waals surface area (Å²) in [4.78, 5) is 2.45. The van der Waals surface area contributed by atoms with Gasteiger partial charge in [0.05, 0.1) is 6.10 Å². The van der Waals surface area contributed by atoms with Crippen LogP contribution in [-0.2, 0) is 11.3 Å². The summed E-state index contributed by atoms with van der Waals surface area (Å²) in [6.07, 6.45) is 1.43. The Morgan fingerprint density at radius 3 is 2.90 bits per heavy atom. The maximum atomic E-state index is 5.72. The summed E-state index contributed by atoms with van der Waals surface area (Å²) in [5, 5.41) is 3.49. The van der Waals surface area contributed by atoms with E-state index in [0.717, 1.165) is 32.7 Å². The van der Waals surface area contributed by atoms with Crippen molar-refractivity contribution < 1.29 is 4.74 Å². The molecule has 0 amide bonds. The van der Waals surface area contributed by atoms with Crippen molar-refractivity contribution >= 4 is 5.69 Å². The van der Waals surface area contributed by atoms with Crippen molar-refractivity contribution in [3.05, 3.63) is 29.3 Å². The fourth-order valence-electron chi connectivity index (χ4n) is 2.62. The summed E-state index contributed by atoms with van der Waals surface area (Å²) >= 11 is 0. The average molecular weight is 276 g/mol. The van der Waals surface area contributed by atoms with E-state index >= 15 is 0 Å². The fourth-order valence-corrected chi connectivity index (χ4v) is 2.62. The van der Waals surface area contributed by atoms with Crippen LogP contribution in [0.15, 0.2) is 18.2 Å². The Morgan fingerprint density at radius 1 is 1.40 bits per heavy atom. The molecule has 0 saturated carbocycles. The monoisotopic (exact) mass is 276 g/mol. The van der Waals surface area contributed by atoms with Crippen LogP contribution >= 0.6 is 0 Å². The van der Waals surface area contributed by atoms with Crippen molar-refractivity contribution in [3.8, 4) is 0 Å². The van der Waals surface area contributed by atoms with Crippen molar-refractivity contribution in [1.82, 2.24) is 5.32 Å². The molecule has 2 rings (SSSR count). The highest BCUT2D eigenvalue weighted by molar-refractivity contribution is 5.51. The summed E-state index contributed by atoms with van der Waals surface area (Å²) in [7, 11) is 0. The molecule has 3 nitrogen and oxygen atoms in total. The molecule has 1 aliphatic rings. The van der Waals surface area contributed by atoms with E-state index < -0.39 is 0 Å². The molecule has 0 aliphatic carbocycles. The number of hydrogen-bond acceptors (Lipinski definition) is 3. The molecule has 0 spiro atoms. The van der Waals surface area contributed by atoms with Crippen molar-refractivity contribution in [2.24, 2.45) is 0 Å². The van der Waals surface area contributed by atoms with Crippen LogP contribution in [0, 0.1) is 6.92 Å². The molecule has 1 aromatic rings. The predicted molar refractivity (Wildman–Crippen MR) is 85.4 cm³/mol. The van der Waals surface area contributed by atoms with Gasteiger partial charge in [0.15, 0.2) is 0 Å². The van der Waals surface area contributed by atoms with Gasteiger partial charge in [-0.3, -0.25) is 0 Å². The van der Waals surface area contributed by atoms with E-state index in [9.17, 15) is 0 Å². The molecule has 1 N–H and O–H groups in total. The molecule has 1 heterocycles. The molecule has 0 aromatic heterocycles. The molecule has 0 radical (unpaired) electrons. The second kappa shape index (κ2) is 7.09. The van der Waals surface area contributed by atoms with Crippen molar-refractivity contribution in [1.29, 1.82) is 0 Å². The molecular weight excluding hydrogens is 248 g/mol. The zero-order valence-corrected chi connectivity index (χ0v) is 13.3. The second-order valence-corrected chi connectivity index (χ2v) is 6.13. The summed E-state index contributed by atoms with van der Waals surface area (Å²) in [5.74, 6) is 0. The Morgan fingerprint density at radius 2 is 2.20 bits per heavy atom. The Bertz CT molecular complexity index is 431. The predicted octanol–water partition coefficient (Wildman–Crippen LogP) is 3.11. The highest BCUT2D eigenvalue weighted by Gasteiger charge is 2.15. The zero-order chi connectivity index (χ0) is 14.5. The summed E-state index contributed by atoms with van der Waals surface area (Å²) < 4.78 is 5.72. The molecule has 1 saturated heterocycles. The van der Waals surface area contributed by atoms with E-state index in [1.54, 1.807) is 0 Å². The van der Waals surface area contributed by atoms with Gasteiger partial charge in [-0.1, -0.05) is 19.9 Å². The number of rotatable bonds is 4. The Labute approximate surface area is 123 Å². The largest absolute Gasteiger partial charge is 0.377 e. The second-order valence-electron chi connectivity index (χ2n) is 6.13. The van der Waals surface area contributed by atoms with Gasteiger partial charge in [-0.05, 0) is 43.5 Å². The van der Waals surface area contributed by atoms with Gasteiger partial charge >= 0.3 is 0 Å².